The fraction of sp³-hybridized carbons (Fsp3) is 0.222. The van der Waals surface area contributed by atoms with Gasteiger partial charge in [-0.05, 0) is 6.92 Å². The third kappa shape index (κ3) is 1.30. The highest BCUT2D eigenvalue weighted by Crippen LogP contribution is 2.05. The maximum atomic E-state index is 4.13. The molecule has 0 aromatic carbocycles. The summed E-state index contributed by atoms with van der Waals surface area (Å²) in [6.45, 7) is 1.97. The maximum Gasteiger partial charge on any atom is 0.195 e. The van der Waals surface area contributed by atoms with Crippen molar-refractivity contribution in [1.29, 1.82) is 0 Å². The Morgan fingerprint density at radius 2 is 2.31 bits per heavy atom. The molecular formula is C9H11N4+. The summed E-state index contributed by atoms with van der Waals surface area (Å²) >= 11 is 0. The number of aryl methyl sites for hydroxylation is 2. The molecule has 4 heteroatoms. The quantitative estimate of drug-likeness (QED) is 0.588. The topological polar surface area (TPSA) is 34.6 Å². The summed E-state index contributed by atoms with van der Waals surface area (Å²) in [5, 5.41) is 0. The first-order valence-corrected chi connectivity index (χ1v) is 4.09. The van der Waals surface area contributed by atoms with Gasteiger partial charge in [-0.15, -0.1) is 9.36 Å². The van der Waals surface area contributed by atoms with Crippen molar-refractivity contribution in [2.45, 2.75) is 6.92 Å². The first-order chi connectivity index (χ1) is 6.29. The van der Waals surface area contributed by atoms with E-state index in [0.717, 1.165) is 11.4 Å². The predicted molar refractivity (Wildman–Crippen MR) is 47.3 cm³/mol. The monoisotopic (exact) mass is 175 g/mol. The maximum absolute atomic E-state index is 4.13. The largest absolute Gasteiger partial charge is 0.242 e. The summed E-state index contributed by atoms with van der Waals surface area (Å²) in [4.78, 5) is 8.13. The van der Waals surface area contributed by atoms with Crippen LogP contribution in [-0.2, 0) is 7.05 Å². The Hall–Kier alpha value is -1.71. The van der Waals surface area contributed by atoms with Crippen LogP contribution in [0, 0.1) is 6.92 Å². The Morgan fingerprint density at radius 1 is 1.46 bits per heavy atom. The standard InChI is InChI=1S/C9H11N4/c1-8-9(6-10-7-11-8)13-5-3-4-12(13)2/h3-7H,1-2H3/q+1. The molecule has 2 aromatic heterocycles. The number of rotatable bonds is 1. The molecule has 0 saturated heterocycles. The minimum atomic E-state index is 0.974. The van der Waals surface area contributed by atoms with Crippen molar-refractivity contribution >= 4 is 0 Å². The van der Waals surface area contributed by atoms with Gasteiger partial charge in [-0.25, -0.2) is 9.97 Å². The molecule has 0 aliphatic rings. The van der Waals surface area contributed by atoms with Crippen molar-refractivity contribution < 1.29 is 4.68 Å². The van der Waals surface area contributed by atoms with Crippen LogP contribution in [0.15, 0.2) is 31.0 Å². The SMILES string of the molecule is Cc1ncncc1-n1ccc[n+]1C. The van der Waals surface area contributed by atoms with E-state index in [9.17, 15) is 0 Å². The van der Waals surface area contributed by atoms with Gasteiger partial charge in [-0.2, -0.15) is 0 Å². The van der Waals surface area contributed by atoms with Crippen molar-refractivity contribution in [3.63, 3.8) is 0 Å². The van der Waals surface area contributed by atoms with Crippen molar-refractivity contribution in [3.05, 3.63) is 36.7 Å². The Balaban J connectivity index is 2.59. The van der Waals surface area contributed by atoms with Crippen LogP contribution < -0.4 is 4.68 Å². The average Bonchev–Trinajstić information content (AvgIpc) is 2.52. The van der Waals surface area contributed by atoms with Crippen molar-refractivity contribution in [3.8, 4) is 5.69 Å². The third-order valence-electron chi connectivity index (χ3n) is 2.00. The van der Waals surface area contributed by atoms with Gasteiger partial charge in [0.25, 0.3) is 0 Å². The van der Waals surface area contributed by atoms with Crippen molar-refractivity contribution in [2.75, 3.05) is 0 Å². The molecular weight excluding hydrogens is 164 g/mol. The number of hydrogen-bond donors (Lipinski definition) is 0. The van der Waals surface area contributed by atoms with Crippen LogP contribution in [0.2, 0.25) is 0 Å². The van der Waals surface area contributed by atoms with E-state index in [0.29, 0.717) is 0 Å². The van der Waals surface area contributed by atoms with Gasteiger partial charge in [-0.3, -0.25) is 0 Å². The number of aromatic nitrogens is 4. The average molecular weight is 175 g/mol. The van der Waals surface area contributed by atoms with Crippen LogP contribution in [0.5, 0.6) is 0 Å². The van der Waals surface area contributed by atoms with Gasteiger partial charge in [-0.1, -0.05) is 0 Å². The highest BCUT2D eigenvalue weighted by molar-refractivity contribution is 5.29. The van der Waals surface area contributed by atoms with Gasteiger partial charge < -0.3 is 0 Å². The Morgan fingerprint density at radius 3 is 2.92 bits per heavy atom. The second-order valence-electron chi connectivity index (χ2n) is 2.90. The van der Waals surface area contributed by atoms with E-state index in [1.165, 1.54) is 0 Å². The van der Waals surface area contributed by atoms with E-state index >= 15 is 0 Å². The minimum Gasteiger partial charge on any atom is -0.242 e. The summed E-state index contributed by atoms with van der Waals surface area (Å²) in [6, 6.07) is 1.98. The highest BCUT2D eigenvalue weighted by atomic mass is 15.4. The Labute approximate surface area is 76.5 Å². The third-order valence-corrected chi connectivity index (χ3v) is 2.00. The van der Waals surface area contributed by atoms with Crippen molar-refractivity contribution in [1.82, 2.24) is 14.6 Å². The first kappa shape index (κ1) is 7.91. The van der Waals surface area contributed by atoms with Crippen LogP contribution in [0.4, 0.5) is 0 Å². The number of hydrogen-bond acceptors (Lipinski definition) is 2. The van der Waals surface area contributed by atoms with E-state index in [1.807, 2.05) is 48.0 Å². The number of nitrogens with zero attached hydrogens (tertiary/aromatic N) is 4. The molecule has 13 heavy (non-hydrogen) atoms. The van der Waals surface area contributed by atoms with Gasteiger partial charge in [0.1, 0.15) is 12.0 Å². The molecule has 0 bridgehead atoms. The van der Waals surface area contributed by atoms with Crippen molar-refractivity contribution in [2.24, 2.45) is 7.05 Å². The van der Waals surface area contributed by atoms with E-state index in [1.54, 1.807) is 6.33 Å². The summed E-state index contributed by atoms with van der Waals surface area (Å²) in [6.07, 6.45) is 7.32. The summed E-state index contributed by atoms with van der Waals surface area (Å²) in [5.74, 6) is 0. The molecule has 2 rings (SSSR count). The van der Waals surface area contributed by atoms with Crippen LogP contribution in [0.25, 0.3) is 5.69 Å². The van der Waals surface area contributed by atoms with E-state index in [2.05, 4.69) is 9.97 Å². The lowest BCUT2D eigenvalue weighted by atomic mass is 10.4. The smallest absolute Gasteiger partial charge is 0.195 e. The molecule has 0 spiro atoms. The lowest BCUT2D eigenvalue weighted by Gasteiger charge is -2.01. The molecule has 0 fully saturated rings. The second-order valence-corrected chi connectivity index (χ2v) is 2.90. The molecule has 0 aliphatic carbocycles. The lowest BCUT2D eigenvalue weighted by molar-refractivity contribution is -0.744. The molecule has 0 amide bonds. The first-order valence-electron chi connectivity index (χ1n) is 4.09. The van der Waals surface area contributed by atoms with E-state index in [-0.39, 0.29) is 0 Å². The molecule has 0 unspecified atom stereocenters. The highest BCUT2D eigenvalue weighted by Gasteiger charge is 2.08. The molecule has 4 nitrogen and oxygen atoms in total. The fourth-order valence-corrected chi connectivity index (χ4v) is 1.28. The molecule has 0 saturated carbocycles. The van der Waals surface area contributed by atoms with Crippen LogP contribution in [0.1, 0.15) is 5.69 Å². The molecule has 0 radical (unpaired) electrons. The van der Waals surface area contributed by atoms with E-state index in [4.69, 9.17) is 0 Å². The Kier molecular flexibility index (Phi) is 1.81. The molecule has 0 N–H and O–H groups in total. The minimum absolute atomic E-state index is 0.974. The van der Waals surface area contributed by atoms with E-state index < -0.39 is 0 Å². The summed E-state index contributed by atoms with van der Waals surface area (Å²) in [7, 11) is 1.98. The lowest BCUT2D eigenvalue weighted by Crippen LogP contribution is -2.37. The molecule has 2 heterocycles. The van der Waals surface area contributed by atoms with Crippen LogP contribution >= 0.6 is 0 Å². The van der Waals surface area contributed by atoms with Crippen LogP contribution in [0.3, 0.4) is 0 Å². The predicted octanol–water partition coefficient (Wildman–Crippen LogP) is 0.400. The zero-order chi connectivity index (χ0) is 9.26. The molecule has 2 aromatic rings. The zero-order valence-electron chi connectivity index (χ0n) is 7.68. The van der Waals surface area contributed by atoms with Gasteiger partial charge in [0.15, 0.2) is 13.2 Å². The fourth-order valence-electron chi connectivity index (χ4n) is 1.28. The molecule has 0 aliphatic heterocycles. The van der Waals surface area contributed by atoms with Gasteiger partial charge in [0.2, 0.25) is 0 Å². The zero-order valence-corrected chi connectivity index (χ0v) is 7.68. The molecule has 66 valence electrons. The van der Waals surface area contributed by atoms with Gasteiger partial charge in [0.05, 0.1) is 18.1 Å². The van der Waals surface area contributed by atoms with Gasteiger partial charge in [0, 0.05) is 6.07 Å². The second kappa shape index (κ2) is 2.97. The van der Waals surface area contributed by atoms with Crippen LogP contribution in [-0.4, -0.2) is 14.6 Å². The van der Waals surface area contributed by atoms with Gasteiger partial charge >= 0.3 is 0 Å². The normalized spacial score (nSPS) is 10.3. The Bertz CT molecular complexity index is 419. The summed E-state index contributed by atoms with van der Waals surface area (Å²) in [5.41, 5.74) is 1.98. The summed E-state index contributed by atoms with van der Waals surface area (Å²) < 4.78 is 3.97. The molecule has 0 atom stereocenters.